The molecule has 5 aromatic rings. The highest BCUT2D eigenvalue weighted by Crippen LogP contribution is 2.39. The SMILES string of the molecule is Nc1cc(F)ccc1CC(=O)/C=C/c1ccc2c(c1)CCCC2NC(=O)c1cc(C(F)(F)F)cc(C(F)(F)F)c1.O=C(O)/C=C/c1ccc2c(c1)CCCC2NC(=O)c1cc(C(F)(F)F)cc(C(F)(F)F)c1. The molecule has 380 valence electrons. The van der Waals surface area contributed by atoms with Gasteiger partial charge in [0.05, 0.1) is 34.3 Å². The number of nitrogens with one attached hydrogen (secondary N) is 2. The quantitative estimate of drug-likeness (QED) is 0.0624. The molecule has 0 fully saturated rings. The van der Waals surface area contributed by atoms with Crippen molar-refractivity contribution in [3.8, 4) is 0 Å². The number of halogens is 13. The predicted octanol–water partition coefficient (Wildman–Crippen LogP) is 12.7. The average molecular weight is 1020 g/mol. The van der Waals surface area contributed by atoms with E-state index in [-0.39, 0.29) is 30.0 Å². The summed E-state index contributed by atoms with van der Waals surface area (Å²) in [7, 11) is 0. The van der Waals surface area contributed by atoms with Crippen LogP contribution in [0.1, 0.15) is 120 Å². The van der Waals surface area contributed by atoms with Gasteiger partial charge in [-0.25, -0.2) is 9.18 Å². The summed E-state index contributed by atoms with van der Waals surface area (Å²) in [6.07, 6.45) is -11.5. The van der Waals surface area contributed by atoms with Gasteiger partial charge in [-0.3, -0.25) is 14.4 Å². The first kappa shape index (κ1) is 53.9. The number of hydrogen-bond donors (Lipinski definition) is 4. The van der Waals surface area contributed by atoms with E-state index in [1.165, 1.54) is 24.3 Å². The number of fused-ring (bicyclic) bond motifs is 2. The summed E-state index contributed by atoms with van der Waals surface area (Å²) in [6, 6.07) is 14.3. The number of aliphatic carboxylic acids is 1. The van der Waals surface area contributed by atoms with Gasteiger partial charge in [0.25, 0.3) is 11.8 Å². The zero-order valence-electron chi connectivity index (χ0n) is 37.1. The van der Waals surface area contributed by atoms with Crippen LogP contribution in [0.25, 0.3) is 12.2 Å². The van der Waals surface area contributed by atoms with Crippen molar-refractivity contribution in [2.75, 3.05) is 5.73 Å². The lowest BCUT2D eigenvalue weighted by Gasteiger charge is -2.27. The Hall–Kier alpha value is -7.45. The molecule has 0 saturated carbocycles. The number of nitrogens with two attached hydrogens (primary N) is 1. The van der Waals surface area contributed by atoms with E-state index in [2.05, 4.69) is 10.6 Å². The number of ketones is 1. The fourth-order valence-corrected chi connectivity index (χ4v) is 8.16. The standard InChI is InChI=1S/C29H23F7N2O2.C22H17F6NO3/c30-22-7-6-18(25(37)15-22)13-23(39)8-4-16-5-9-24-17(10-16)2-1-3-26(24)38-27(40)19-11-20(28(31,32)33)14-21(12-19)29(34,35)36;23-21(24,25)15-9-14(10-16(11-15)22(26,27)28)20(32)29-18-3-1-2-13-8-12(4-6-17(13)18)5-7-19(30)31/h4-12,14-15,26H,1-3,13,37H2,(H,38,40);4-11,18H,1-3H2,(H,29,32)(H,30,31)/b8-4+;7-5+. The number of allylic oxidation sites excluding steroid dienone is 1. The topological polar surface area (TPSA) is 139 Å². The minimum absolute atomic E-state index is 0.0206. The molecule has 5 N–H and O–H groups in total. The maximum absolute atomic E-state index is 13.2. The Morgan fingerprint density at radius 2 is 0.958 bits per heavy atom. The lowest BCUT2D eigenvalue weighted by Crippen LogP contribution is -2.31. The fourth-order valence-electron chi connectivity index (χ4n) is 8.16. The maximum Gasteiger partial charge on any atom is 0.416 e. The highest BCUT2D eigenvalue weighted by molar-refractivity contribution is 5.96. The number of carboxylic acids is 1. The van der Waals surface area contributed by atoms with Crippen LogP contribution in [0.5, 0.6) is 0 Å². The van der Waals surface area contributed by atoms with Gasteiger partial charge in [0.2, 0.25) is 0 Å². The molecule has 2 unspecified atom stereocenters. The van der Waals surface area contributed by atoms with Crippen LogP contribution in [0.4, 0.5) is 62.8 Å². The number of anilines is 1. The molecule has 21 heteroatoms. The lowest BCUT2D eigenvalue weighted by atomic mass is 9.86. The van der Waals surface area contributed by atoms with Crippen molar-refractivity contribution in [3.05, 3.63) is 181 Å². The van der Waals surface area contributed by atoms with Gasteiger partial charge in [-0.1, -0.05) is 48.5 Å². The number of carbonyl (C=O) groups excluding carboxylic acids is 3. The number of rotatable bonds is 10. The Bertz CT molecular complexity index is 2870. The van der Waals surface area contributed by atoms with Crippen LogP contribution in [0.15, 0.2) is 103 Å². The van der Waals surface area contributed by atoms with Crippen LogP contribution in [-0.4, -0.2) is 28.7 Å². The molecule has 0 bridgehead atoms. The molecular formula is C51H40F13N3O5. The Kier molecular flexibility index (Phi) is 16.1. The Morgan fingerprint density at radius 1 is 0.556 bits per heavy atom. The molecule has 8 nitrogen and oxygen atoms in total. The van der Waals surface area contributed by atoms with Crippen molar-refractivity contribution >= 4 is 41.4 Å². The molecule has 72 heavy (non-hydrogen) atoms. The molecule has 2 atom stereocenters. The number of hydrogen-bond acceptors (Lipinski definition) is 5. The van der Waals surface area contributed by atoms with Crippen LogP contribution in [-0.2, 0) is 53.6 Å². The number of aryl methyl sites for hydroxylation is 2. The first-order valence-electron chi connectivity index (χ1n) is 21.7. The zero-order valence-corrected chi connectivity index (χ0v) is 37.1. The highest BCUT2D eigenvalue weighted by Gasteiger charge is 2.39. The van der Waals surface area contributed by atoms with Crippen molar-refractivity contribution < 1.29 is 81.4 Å². The van der Waals surface area contributed by atoms with Gasteiger partial charge < -0.3 is 21.5 Å². The van der Waals surface area contributed by atoms with Crippen LogP contribution < -0.4 is 16.4 Å². The number of amides is 2. The van der Waals surface area contributed by atoms with E-state index in [4.69, 9.17) is 10.8 Å². The summed E-state index contributed by atoms with van der Waals surface area (Å²) in [4.78, 5) is 48.4. The third-order valence-corrected chi connectivity index (χ3v) is 11.6. The number of carbonyl (C=O) groups is 4. The zero-order chi connectivity index (χ0) is 52.9. The van der Waals surface area contributed by atoms with Gasteiger partial charge in [0.1, 0.15) is 5.82 Å². The molecule has 0 radical (unpaired) electrons. The number of nitrogen functional groups attached to an aromatic ring is 1. The molecule has 7 rings (SSSR count). The van der Waals surface area contributed by atoms with E-state index in [0.717, 1.165) is 23.3 Å². The molecule has 5 aromatic carbocycles. The van der Waals surface area contributed by atoms with E-state index in [1.54, 1.807) is 42.5 Å². The van der Waals surface area contributed by atoms with Crippen LogP contribution in [0.2, 0.25) is 0 Å². The van der Waals surface area contributed by atoms with Gasteiger partial charge in [-0.05, 0) is 138 Å². The Balaban J connectivity index is 0.000000241. The second-order valence-electron chi connectivity index (χ2n) is 16.8. The van der Waals surface area contributed by atoms with Gasteiger partial charge in [-0.15, -0.1) is 0 Å². The molecule has 2 aliphatic carbocycles. The smallest absolute Gasteiger partial charge is 0.416 e. The van der Waals surface area contributed by atoms with Crippen LogP contribution in [0, 0.1) is 5.82 Å². The molecule has 0 aromatic heterocycles. The number of alkyl halides is 12. The van der Waals surface area contributed by atoms with Gasteiger partial charge in [0, 0.05) is 29.3 Å². The van der Waals surface area contributed by atoms with Crippen molar-refractivity contribution in [3.63, 3.8) is 0 Å². The largest absolute Gasteiger partial charge is 0.478 e. The normalized spacial score (nSPS) is 16.1. The molecule has 0 spiro atoms. The average Bonchev–Trinajstić information content (AvgIpc) is 3.30. The maximum atomic E-state index is 13.2. The molecule has 2 amide bonds. The highest BCUT2D eigenvalue weighted by atomic mass is 19.4. The van der Waals surface area contributed by atoms with Crippen LogP contribution in [0.3, 0.4) is 0 Å². The Morgan fingerprint density at radius 3 is 1.33 bits per heavy atom. The summed E-state index contributed by atoms with van der Waals surface area (Å²) >= 11 is 0. The van der Waals surface area contributed by atoms with E-state index in [9.17, 15) is 76.3 Å². The summed E-state index contributed by atoms with van der Waals surface area (Å²) in [5.41, 5.74) is 2.98. The second-order valence-corrected chi connectivity index (χ2v) is 16.8. The van der Waals surface area contributed by atoms with Crippen molar-refractivity contribution in [2.45, 2.75) is 81.7 Å². The Labute approximate surface area is 401 Å². The van der Waals surface area contributed by atoms with Crippen molar-refractivity contribution in [1.29, 1.82) is 0 Å². The van der Waals surface area contributed by atoms with E-state index in [0.29, 0.717) is 90.6 Å². The molecular weight excluding hydrogens is 982 g/mol. The first-order chi connectivity index (χ1) is 33.5. The second kappa shape index (κ2) is 21.5. The number of carboxylic acid groups (broad SMARTS) is 1. The predicted molar refractivity (Wildman–Crippen MR) is 237 cm³/mol. The third-order valence-electron chi connectivity index (χ3n) is 11.6. The van der Waals surface area contributed by atoms with Gasteiger partial charge >= 0.3 is 30.7 Å². The summed E-state index contributed by atoms with van der Waals surface area (Å²) in [6.45, 7) is 0. The summed E-state index contributed by atoms with van der Waals surface area (Å²) in [5.74, 6) is -3.99. The van der Waals surface area contributed by atoms with Crippen LogP contribution >= 0.6 is 0 Å². The monoisotopic (exact) mass is 1020 g/mol. The van der Waals surface area contributed by atoms with Crippen molar-refractivity contribution in [1.82, 2.24) is 10.6 Å². The van der Waals surface area contributed by atoms with Gasteiger partial charge in [0.15, 0.2) is 5.78 Å². The molecule has 2 aliphatic rings. The number of benzene rings is 5. The fraction of sp³-hybridized carbons (Fsp3) is 0.255. The third kappa shape index (κ3) is 14.1. The van der Waals surface area contributed by atoms with E-state index >= 15 is 0 Å². The molecule has 0 saturated heterocycles. The first-order valence-corrected chi connectivity index (χ1v) is 21.7. The summed E-state index contributed by atoms with van der Waals surface area (Å²) < 4.78 is 171. The summed E-state index contributed by atoms with van der Waals surface area (Å²) in [5, 5.41) is 13.8. The van der Waals surface area contributed by atoms with Gasteiger partial charge in [-0.2, -0.15) is 52.7 Å². The minimum Gasteiger partial charge on any atom is -0.478 e. The van der Waals surface area contributed by atoms with E-state index < -0.39 is 93.8 Å². The van der Waals surface area contributed by atoms with E-state index in [1.807, 2.05) is 0 Å². The molecule has 0 heterocycles. The lowest BCUT2D eigenvalue weighted by molar-refractivity contribution is -0.144. The minimum atomic E-state index is -5.06. The van der Waals surface area contributed by atoms with Crippen molar-refractivity contribution in [2.24, 2.45) is 0 Å². The molecule has 0 aliphatic heterocycles.